The number of carbonyl (C=O) groups is 2. The Morgan fingerprint density at radius 1 is 0.682 bits per heavy atom. The minimum absolute atomic E-state index is 0.341. The number of esters is 2. The Bertz CT molecular complexity index is 395. The van der Waals surface area contributed by atoms with Gasteiger partial charge in [0.25, 0.3) is 0 Å². The number of rotatable bonds is 4. The lowest BCUT2D eigenvalue weighted by Crippen LogP contribution is -2.43. The van der Waals surface area contributed by atoms with Gasteiger partial charge in [-0.15, -0.1) is 0 Å². The third-order valence-electron chi connectivity index (χ3n) is 4.92. The third kappa shape index (κ3) is 3.31. The molecule has 2 aliphatic rings. The van der Waals surface area contributed by atoms with Crippen LogP contribution in [0.4, 0.5) is 0 Å². The molecule has 2 fully saturated rings. The molecular weight excluding hydrogens is 284 g/mol. The lowest BCUT2D eigenvalue weighted by atomic mass is 9.81. The van der Waals surface area contributed by atoms with Crippen LogP contribution in [0.2, 0.25) is 0 Å². The number of carbonyl (C=O) groups excluding carboxylic acids is 2. The van der Waals surface area contributed by atoms with Gasteiger partial charge in [0.15, 0.2) is 11.1 Å². The van der Waals surface area contributed by atoms with Crippen molar-refractivity contribution >= 4 is 11.9 Å². The van der Waals surface area contributed by atoms with Gasteiger partial charge < -0.3 is 9.47 Å². The van der Waals surface area contributed by atoms with E-state index < -0.39 is 11.1 Å². The van der Waals surface area contributed by atoms with Crippen molar-refractivity contribution in [3.8, 4) is 0 Å². The summed E-state index contributed by atoms with van der Waals surface area (Å²) in [5.41, 5.74) is -1.82. The molecule has 0 amide bonds. The third-order valence-corrected chi connectivity index (χ3v) is 4.92. The first-order valence-corrected chi connectivity index (χ1v) is 8.19. The molecule has 6 heteroatoms. The fraction of sp³-hybridized carbons (Fsp3) is 0.875. The molecule has 124 valence electrons. The molecule has 0 unspecified atom stereocenters. The quantitative estimate of drug-likeness (QED) is 0.590. The van der Waals surface area contributed by atoms with Crippen LogP contribution in [0.3, 0.4) is 0 Å². The SMILES string of the molecule is COC(=O)C1(/N=N/C2(C(=O)OC)CCCCC2)CCCCC1. The van der Waals surface area contributed by atoms with Gasteiger partial charge in [-0.2, -0.15) is 10.2 Å². The monoisotopic (exact) mass is 310 g/mol. The van der Waals surface area contributed by atoms with E-state index in [1.807, 2.05) is 0 Å². The second-order valence-corrected chi connectivity index (χ2v) is 6.37. The van der Waals surface area contributed by atoms with Crippen LogP contribution in [0.5, 0.6) is 0 Å². The summed E-state index contributed by atoms with van der Waals surface area (Å²) < 4.78 is 9.89. The Morgan fingerprint density at radius 2 is 1.00 bits per heavy atom. The fourth-order valence-corrected chi connectivity index (χ4v) is 3.53. The van der Waals surface area contributed by atoms with Crippen LogP contribution >= 0.6 is 0 Å². The second-order valence-electron chi connectivity index (χ2n) is 6.37. The molecule has 0 heterocycles. The minimum Gasteiger partial charge on any atom is -0.467 e. The van der Waals surface area contributed by atoms with Gasteiger partial charge in [0.05, 0.1) is 14.2 Å². The van der Waals surface area contributed by atoms with Crippen LogP contribution in [0.25, 0.3) is 0 Å². The Balaban J connectivity index is 2.27. The van der Waals surface area contributed by atoms with Crippen molar-refractivity contribution in [3.05, 3.63) is 0 Å². The molecule has 0 spiro atoms. The topological polar surface area (TPSA) is 77.3 Å². The van der Waals surface area contributed by atoms with Gasteiger partial charge in [-0.1, -0.05) is 38.5 Å². The molecule has 2 aliphatic carbocycles. The average Bonchev–Trinajstić information content (AvgIpc) is 2.60. The standard InChI is InChI=1S/C16H26N2O4/c1-21-13(19)15(9-5-3-6-10-15)17-18-16(14(20)22-2)11-7-4-8-12-16/h3-12H2,1-2H3/b18-17+. The molecule has 0 radical (unpaired) electrons. The Morgan fingerprint density at radius 3 is 1.27 bits per heavy atom. The van der Waals surface area contributed by atoms with Crippen molar-refractivity contribution in [3.63, 3.8) is 0 Å². The number of ether oxygens (including phenoxy) is 2. The summed E-state index contributed by atoms with van der Waals surface area (Å²) in [7, 11) is 2.76. The number of azo groups is 1. The van der Waals surface area contributed by atoms with Crippen LogP contribution in [-0.4, -0.2) is 37.2 Å². The van der Waals surface area contributed by atoms with E-state index in [0.717, 1.165) is 38.5 Å². The van der Waals surface area contributed by atoms with E-state index in [0.29, 0.717) is 25.7 Å². The molecule has 0 saturated heterocycles. The molecule has 0 bridgehead atoms. The molecule has 0 aromatic carbocycles. The van der Waals surface area contributed by atoms with Gasteiger partial charge in [0.1, 0.15) is 0 Å². The van der Waals surface area contributed by atoms with Crippen molar-refractivity contribution in [1.29, 1.82) is 0 Å². The first-order chi connectivity index (χ1) is 10.6. The summed E-state index contributed by atoms with van der Waals surface area (Å²) in [5, 5.41) is 8.80. The number of nitrogens with zero attached hydrogens (tertiary/aromatic N) is 2. The molecule has 0 aliphatic heterocycles. The van der Waals surface area contributed by atoms with E-state index in [2.05, 4.69) is 10.2 Å². The molecule has 0 aromatic heterocycles. The van der Waals surface area contributed by atoms with Crippen LogP contribution in [0.15, 0.2) is 10.2 Å². The van der Waals surface area contributed by atoms with Crippen LogP contribution < -0.4 is 0 Å². The molecule has 0 aromatic rings. The highest BCUT2D eigenvalue weighted by molar-refractivity contribution is 5.82. The van der Waals surface area contributed by atoms with E-state index in [-0.39, 0.29) is 11.9 Å². The van der Waals surface area contributed by atoms with Gasteiger partial charge in [-0.25, -0.2) is 9.59 Å². The van der Waals surface area contributed by atoms with Crippen molar-refractivity contribution in [2.75, 3.05) is 14.2 Å². The molecule has 0 N–H and O–H groups in total. The van der Waals surface area contributed by atoms with Gasteiger partial charge in [-0.05, 0) is 25.7 Å². The normalized spacial score (nSPS) is 23.9. The van der Waals surface area contributed by atoms with Crippen LogP contribution in [0.1, 0.15) is 64.2 Å². The van der Waals surface area contributed by atoms with E-state index >= 15 is 0 Å². The summed E-state index contributed by atoms with van der Waals surface area (Å²) in [6, 6.07) is 0. The first-order valence-electron chi connectivity index (χ1n) is 8.19. The van der Waals surface area contributed by atoms with E-state index in [1.54, 1.807) is 0 Å². The molecule has 2 saturated carbocycles. The van der Waals surface area contributed by atoms with E-state index in [9.17, 15) is 9.59 Å². The number of hydrogen-bond donors (Lipinski definition) is 0. The van der Waals surface area contributed by atoms with Crippen LogP contribution in [0, 0.1) is 0 Å². The highest BCUT2D eigenvalue weighted by atomic mass is 16.5. The zero-order valence-corrected chi connectivity index (χ0v) is 13.6. The Labute approximate surface area is 131 Å². The highest BCUT2D eigenvalue weighted by Gasteiger charge is 2.45. The lowest BCUT2D eigenvalue weighted by molar-refractivity contribution is -0.151. The molecule has 0 atom stereocenters. The Kier molecular flexibility index (Phi) is 5.53. The summed E-state index contributed by atoms with van der Waals surface area (Å²) >= 11 is 0. The van der Waals surface area contributed by atoms with Crippen molar-refractivity contribution in [2.45, 2.75) is 75.3 Å². The molecular formula is C16H26N2O4. The largest absolute Gasteiger partial charge is 0.467 e. The van der Waals surface area contributed by atoms with Gasteiger partial charge in [-0.3, -0.25) is 0 Å². The Hall–Kier alpha value is -1.46. The predicted octanol–water partition coefficient (Wildman–Crippen LogP) is 3.19. The van der Waals surface area contributed by atoms with Crippen molar-refractivity contribution in [2.24, 2.45) is 10.2 Å². The molecule has 22 heavy (non-hydrogen) atoms. The van der Waals surface area contributed by atoms with E-state index in [1.165, 1.54) is 14.2 Å². The van der Waals surface area contributed by atoms with Gasteiger partial charge in [0, 0.05) is 0 Å². The zero-order chi connectivity index (χ0) is 16.1. The molecule has 2 rings (SSSR count). The maximum atomic E-state index is 12.2. The minimum atomic E-state index is -0.911. The maximum Gasteiger partial charge on any atom is 0.335 e. The average molecular weight is 310 g/mol. The number of methoxy groups -OCH3 is 2. The number of hydrogen-bond acceptors (Lipinski definition) is 6. The summed E-state index contributed by atoms with van der Waals surface area (Å²) in [4.78, 5) is 24.4. The fourth-order valence-electron chi connectivity index (χ4n) is 3.53. The highest BCUT2D eigenvalue weighted by Crippen LogP contribution is 2.38. The first kappa shape index (κ1) is 16.9. The lowest BCUT2D eigenvalue weighted by Gasteiger charge is -2.33. The van der Waals surface area contributed by atoms with Gasteiger partial charge in [0.2, 0.25) is 0 Å². The van der Waals surface area contributed by atoms with Gasteiger partial charge >= 0.3 is 11.9 Å². The summed E-state index contributed by atoms with van der Waals surface area (Å²) in [6.45, 7) is 0. The predicted molar refractivity (Wildman–Crippen MR) is 80.5 cm³/mol. The zero-order valence-electron chi connectivity index (χ0n) is 13.6. The van der Waals surface area contributed by atoms with E-state index in [4.69, 9.17) is 9.47 Å². The smallest absolute Gasteiger partial charge is 0.335 e. The van der Waals surface area contributed by atoms with Crippen molar-refractivity contribution in [1.82, 2.24) is 0 Å². The molecule has 6 nitrogen and oxygen atoms in total. The van der Waals surface area contributed by atoms with Crippen LogP contribution in [-0.2, 0) is 19.1 Å². The summed E-state index contributed by atoms with van der Waals surface area (Å²) in [6.07, 6.45) is 8.46. The maximum absolute atomic E-state index is 12.2. The second kappa shape index (κ2) is 7.20. The summed E-state index contributed by atoms with van der Waals surface area (Å²) in [5.74, 6) is -0.682. The van der Waals surface area contributed by atoms with Crippen molar-refractivity contribution < 1.29 is 19.1 Å².